The summed E-state index contributed by atoms with van der Waals surface area (Å²) in [6.45, 7) is 8.49. The third kappa shape index (κ3) is 5.64. The molecule has 0 N–H and O–H groups in total. The number of epoxide rings is 2. The Hall–Kier alpha value is 1.06. The maximum Gasteiger partial charge on any atom is 2.00 e. The van der Waals surface area contributed by atoms with E-state index in [-0.39, 0.29) is 118 Å². The van der Waals surface area contributed by atoms with Gasteiger partial charge in [0.15, 0.2) is 12.6 Å². The summed E-state index contributed by atoms with van der Waals surface area (Å²) < 4.78 is 43.1. The summed E-state index contributed by atoms with van der Waals surface area (Å²) in [6.07, 6.45) is 0.719. The van der Waals surface area contributed by atoms with Crippen molar-refractivity contribution in [2.45, 2.75) is 75.3 Å². The van der Waals surface area contributed by atoms with E-state index in [1.165, 1.54) is 0 Å². The molecule has 10 atom stereocenters. The molecule has 0 spiro atoms. The molecular weight excluding hydrogens is 712 g/mol. The average Bonchev–Trinajstić information content (AvgIpc) is 3.47. The van der Waals surface area contributed by atoms with E-state index in [2.05, 4.69) is 0 Å². The Morgan fingerprint density at radius 3 is 1.39 bits per heavy atom. The monoisotopic (exact) mass is 740 g/mol. The van der Waals surface area contributed by atoms with Crippen molar-refractivity contribution in [1.29, 1.82) is 0 Å². The smallest absolute Gasteiger partial charge is 0.544 e. The molecule has 0 aromatic heterocycles. The fourth-order valence-corrected chi connectivity index (χ4v) is 3.53. The first-order chi connectivity index (χ1) is 11.7. The van der Waals surface area contributed by atoms with E-state index >= 15 is 0 Å². The maximum absolute atomic E-state index is 5.55. The molecule has 0 bridgehead atoms. The van der Waals surface area contributed by atoms with E-state index < -0.39 is 0 Å². The van der Waals surface area contributed by atoms with Crippen LogP contribution in [0.1, 0.15) is 13.8 Å². The van der Waals surface area contributed by atoms with Crippen molar-refractivity contribution in [2.24, 2.45) is 0 Å². The molecule has 8 nitrogen and oxygen atoms in total. The van der Waals surface area contributed by atoms with Gasteiger partial charge in [0, 0.05) is 0 Å². The number of fused-ring (bicyclic) bond motifs is 6. The van der Waals surface area contributed by atoms with Gasteiger partial charge in [-0.25, -0.2) is 0 Å². The molecule has 0 aromatic rings. The second kappa shape index (κ2) is 11.1. The molecule has 6 saturated heterocycles. The van der Waals surface area contributed by atoms with E-state index in [1.54, 1.807) is 13.2 Å². The minimum Gasteiger partial charge on any atom is -0.544 e. The first kappa shape index (κ1) is 27.1. The van der Waals surface area contributed by atoms with Crippen LogP contribution < -0.4 is 0 Å². The molecule has 10 unspecified atom stereocenters. The van der Waals surface area contributed by atoms with Gasteiger partial charge in [-0.15, -0.1) is 0 Å². The zero-order chi connectivity index (χ0) is 16.3. The van der Waals surface area contributed by atoms with E-state index in [4.69, 9.17) is 37.9 Å². The number of ether oxygens (including phenoxy) is 8. The molecule has 0 radical (unpaired) electrons. The first-order valence-electron chi connectivity index (χ1n) is 8.52. The molecule has 6 rings (SSSR count). The fraction of sp³-hybridized carbons (Fsp3) is 0.778. The van der Waals surface area contributed by atoms with E-state index in [9.17, 15) is 0 Å². The van der Waals surface area contributed by atoms with Crippen LogP contribution in [0.15, 0.2) is 0 Å². The van der Waals surface area contributed by atoms with Crippen LogP contribution in [0, 0.1) is 28.1 Å². The van der Waals surface area contributed by atoms with Crippen LogP contribution in [0.5, 0.6) is 0 Å². The largest absolute Gasteiger partial charge is 2.00 e. The van der Waals surface area contributed by atoms with Gasteiger partial charge >= 0.3 is 42.1 Å². The van der Waals surface area contributed by atoms with Gasteiger partial charge in [0.05, 0.1) is 37.6 Å². The van der Waals surface area contributed by atoms with Gasteiger partial charge in [0.2, 0.25) is 0 Å². The molecule has 6 heterocycles. The van der Waals surface area contributed by atoms with Gasteiger partial charge in [-0.1, -0.05) is 0 Å². The number of hydrogen-bond acceptors (Lipinski definition) is 8. The quantitative estimate of drug-likeness (QED) is 0.270. The molecule has 28 heavy (non-hydrogen) atoms. The molecule has 0 aromatic carbocycles. The number of rotatable bonds is 0. The molecule has 6 aliphatic rings. The van der Waals surface area contributed by atoms with Crippen molar-refractivity contribution in [3.8, 4) is 0 Å². The molecule has 6 aliphatic heterocycles. The summed E-state index contributed by atoms with van der Waals surface area (Å²) in [7, 11) is 0. The van der Waals surface area contributed by atoms with Gasteiger partial charge in [-0.05, 0) is 26.1 Å². The Morgan fingerprint density at radius 1 is 0.607 bits per heavy atom. The van der Waals surface area contributed by atoms with Crippen LogP contribution in [-0.2, 0) is 80.0 Å². The Balaban J connectivity index is 0.000000245. The molecular formula is C18H28O8W2. The van der Waals surface area contributed by atoms with Crippen LogP contribution in [0.4, 0.5) is 0 Å². The molecule has 0 saturated carbocycles. The zero-order valence-electron chi connectivity index (χ0n) is 16.4. The summed E-state index contributed by atoms with van der Waals surface area (Å²) in [4.78, 5) is 0. The van der Waals surface area contributed by atoms with Crippen molar-refractivity contribution in [2.75, 3.05) is 13.2 Å². The summed E-state index contributed by atoms with van der Waals surface area (Å²) in [5.41, 5.74) is 0. The Kier molecular flexibility index (Phi) is 10.7. The van der Waals surface area contributed by atoms with Crippen molar-refractivity contribution in [3.05, 3.63) is 28.1 Å². The molecule has 6 fully saturated rings. The first-order valence-corrected chi connectivity index (χ1v) is 8.52. The SMILES string of the molecule is CC1OCC2O[CH-]C3OC3C2O1.CC1OCC2O[CH-]C3OC3C2O1.[CH3-].[CH3-].[W+2].[W+2]. The van der Waals surface area contributed by atoms with E-state index in [0.29, 0.717) is 13.2 Å². The van der Waals surface area contributed by atoms with Crippen molar-refractivity contribution in [1.82, 2.24) is 0 Å². The minimum absolute atomic E-state index is 0. The molecule has 160 valence electrons. The van der Waals surface area contributed by atoms with Gasteiger partial charge in [0.25, 0.3) is 0 Å². The molecule has 10 heteroatoms. The third-order valence-electron chi connectivity index (χ3n) is 4.97. The summed E-state index contributed by atoms with van der Waals surface area (Å²) in [6, 6.07) is 0. The predicted octanol–water partition coefficient (Wildman–Crippen LogP) is 1.05. The Morgan fingerprint density at radius 2 is 1.00 bits per heavy atom. The maximum atomic E-state index is 5.55. The number of hydrogen-bond donors (Lipinski definition) is 0. The van der Waals surface area contributed by atoms with Crippen LogP contribution in [0.2, 0.25) is 0 Å². The summed E-state index contributed by atoms with van der Waals surface area (Å²) >= 11 is 0. The minimum atomic E-state index is -0.127. The predicted molar refractivity (Wildman–Crippen MR) is 89.1 cm³/mol. The Bertz CT molecular complexity index is 445. The van der Waals surface area contributed by atoms with E-state index in [0.717, 1.165) is 0 Å². The van der Waals surface area contributed by atoms with Gasteiger partial charge < -0.3 is 52.7 Å². The molecule has 0 amide bonds. The molecule has 0 aliphatic carbocycles. The van der Waals surface area contributed by atoms with Crippen LogP contribution in [-0.4, -0.2) is 74.6 Å². The Labute approximate surface area is 196 Å². The van der Waals surface area contributed by atoms with Crippen LogP contribution >= 0.6 is 0 Å². The van der Waals surface area contributed by atoms with Crippen molar-refractivity contribution >= 4 is 0 Å². The van der Waals surface area contributed by atoms with Crippen molar-refractivity contribution < 1.29 is 80.0 Å². The van der Waals surface area contributed by atoms with E-state index in [1.807, 2.05) is 13.8 Å². The van der Waals surface area contributed by atoms with Crippen LogP contribution in [0.3, 0.4) is 0 Å². The van der Waals surface area contributed by atoms with Gasteiger partial charge in [0.1, 0.15) is 12.2 Å². The second-order valence-corrected chi connectivity index (χ2v) is 6.76. The summed E-state index contributed by atoms with van der Waals surface area (Å²) in [5, 5.41) is 0. The average molecular weight is 740 g/mol. The van der Waals surface area contributed by atoms with Crippen molar-refractivity contribution in [3.63, 3.8) is 0 Å². The van der Waals surface area contributed by atoms with Gasteiger partial charge in [-0.2, -0.15) is 13.2 Å². The third-order valence-corrected chi connectivity index (χ3v) is 4.97. The topological polar surface area (TPSA) is 80.4 Å². The summed E-state index contributed by atoms with van der Waals surface area (Å²) in [5.74, 6) is 0. The zero-order valence-corrected chi connectivity index (χ0v) is 22.3. The normalized spacial score (nSPS) is 49.1. The fourth-order valence-electron chi connectivity index (χ4n) is 3.53. The van der Waals surface area contributed by atoms with Gasteiger partial charge in [-0.3, -0.25) is 0 Å². The standard InChI is InChI=1S/2C8H11O4.2CH3.2W/c2*1-4-9-2-5-7(11-4)8-6(12-8)3-10-5;;;;/h2*3-8H,2H2,1H3;2*1H3;;/q4*-1;2*+2. The van der Waals surface area contributed by atoms with Crippen LogP contribution in [0.25, 0.3) is 0 Å². The second-order valence-electron chi connectivity index (χ2n) is 6.76.